The van der Waals surface area contributed by atoms with E-state index >= 15 is 0 Å². The van der Waals surface area contributed by atoms with E-state index in [1.54, 1.807) is 0 Å². The number of unbranched alkanes of at least 4 members (excludes halogenated alkanes) is 27. The second-order valence-corrected chi connectivity index (χ2v) is 19.7. The van der Waals surface area contributed by atoms with Crippen molar-refractivity contribution in [2.24, 2.45) is 0 Å². The van der Waals surface area contributed by atoms with Crippen LogP contribution in [0.3, 0.4) is 0 Å². The fraction of sp³-hybridized carbons (Fsp3) is 0.842. The zero-order chi connectivity index (χ0) is 46.5. The first-order valence-electron chi connectivity index (χ1n) is 27.6. The molecule has 63 heavy (non-hydrogen) atoms. The van der Waals surface area contributed by atoms with Gasteiger partial charge in [-0.1, -0.05) is 253 Å². The Hall–Kier alpha value is -2.37. The van der Waals surface area contributed by atoms with E-state index in [0.717, 1.165) is 184 Å². The van der Waals surface area contributed by atoms with E-state index in [0.29, 0.717) is 0 Å². The van der Waals surface area contributed by atoms with Crippen LogP contribution < -0.4 is 0 Å². The normalized spacial score (nSPS) is 13.0. The van der Waals surface area contributed by atoms with Gasteiger partial charge in [-0.2, -0.15) is 0 Å². The summed E-state index contributed by atoms with van der Waals surface area (Å²) < 4.78 is 0. The number of carbonyl (C=O) groups is 3. The van der Waals surface area contributed by atoms with Gasteiger partial charge in [0, 0.05) is 0 Å². The molecule has 3 N–H and O–H groups in total. The van der Waals surface area contributed by atoms with Crippen molar-refractivity contribution >= 4 is 17.9 Å². The molecule has 6 nitrogen and oxygen atoms in total. The summed E-state index contributed by atoms with van der Waals surface area (Å²) in [4.78, 5) is 41.6. The molecule has 0 aromatic heterocycles. The molecule has 0 bridgehead atoms. The van der Waals surface area contributed by atoms with Crippen molar-refractivity contribution in [3.05, 3.63) is 33.4 Å². The SMILES string of the molecule is CCCCCCCCC(CCCCCCC)c1c(C(=O)O)c(C(=O)O)c(C(=O)O)c(C(CCCCCCC)CCCCCCCC)c1C(CCCCCCC)CCCCCCCC. The maximum atomic E-state index is 14.0. The lowest BCUT2D eigenvalue weighted by atomic mass is 9.69. The summed E-state index contributed by atoms with van der Waals surface area (Å²) in [5.74, 6) is -4.20. The molecule has 0 aliphatic rings. The lowest BCUT2D eigenvalue weighted by Crippen LogP contribution is -2.27. The quantitative estimate of drug-likeness (QED) is 0.0563. The Balaban J connectivity index is 4.46. The molecule has 3 atom stereocenters. The summed E-state index contributed by atoms with van der Waals surface area (Å²) >= 11 is 0. The highest BCUT2D eigenvalue weighted by molar-refractivity contribution is 6.11. The summed E-state index contributed by atoms with van der Waals surface area (Å²) in [7, 11) is 0. The Morgan fingerprint density at radius 2 is 0.444 bits per heavy atom. The van der Waals surface area contributed by atoms with E-state index in [1.165, 1.54) is 83.5 Å². The Morgan fingerprint density at radius 1 is 0.270 bits per heavy atom. The third-order valence-electron chi connectivity index (χ3n) is 14.2. The molecule has 0 saturated heterocycles. The van der Waals surface area contributed by atoms with Crippen LogP contribution in [0.2, 0.25) is 0 Å². The van der Waals surface area contributed by atoms with Crippen LogP contribution in [0.1, 0.15) is 357 Å². The number of hydrogen-bond acceptors (Lipinski definition) is 3. The van der Waals surface area contributed by atoms with Gasteiger partial charge in [-0.3, -0.25) is 0 Å². The smallest absolute Gasteiger partial charge is 0.337 e. The molecule has 0 spiro atoms. The minimum Gasteiger partial charge on any atom is -0.478 e. The van der Waals surface area contributed by atoms with Gasteiger partial charge in [-0.05, 0) is 73.0 Å². The second kappa shape index (κ2) is 38.9. The van der Waals surface area contributed by atoms with Crippen molar-refractivity contribution in [2.45, 2.75) is 310 Å². The highest BCUT2D eigenvalue weighted by Gasteiger charge is 2.39. The Morgan fingerprint density at radius 3 is 0.635 bits per heavy atom. The molecule has 0 aliphatic heterocycles. The molecule has 366 valence electrons. The first kappa shape index (κ1) is 58.6. The van der Waals surface area contributed by atoms with Gasteiger partial charge in [-0.15, -0.1) is 0 Å². The summed E-state index contributed by atoms with van der Waals surface area (Å²) in [5, 5.41) is 33.9. The molecular formula is C57H102O6. The molecule has 1 aromatic rings. The van der Waals surface area contributed by atoms with Crippen LogP contribution in [0, 0.1) is 0 Å². The Labute approximate surface area is 389 Å². The van der Waals surface area contributed by atoms with Gasteiger partial charge in [-0.25, -0.2) is 14.4 Å². The molecule has 0 fully saturated rings. The number of rotatable bonds is 45. The van der Waals surface area contributed by atoms with Gasteiger partial charge in [0.2, 0.25) is 0 Å². The number of benzene rings is 1. The number of carboxylic acids is 3. The molecule has 1 aromatic carbocycles. The van der Waals surface area contributed by atoms with Crippen molar-refractivity contribution in [2.75, 3.05) is 0 Å². The lowest BCUT2D eigenvalue weighted by Gasteiger charge is -2.35. The summed E-state index contributed by atoms with van der Waals surface area (Å²) in [6.07, 6.45) is 42.2. The van der Waals surface area contributed by atoms with E-state index in [-0.39, 0.29) is 28.9 Å². The molecular weight excluding hydrogens is 781 g/mol. The van der Waals surface area contributed by atoms with Gasteiger partial charge in [0.25, 0.3) is 0 Å². The highest BCUT2D eigenvalue weighted by atomic mass is 16.4. The van der Waals surface area contributed by atoms with Crippen molar-refractivity contribution in [3.63, 3.8) is 0 Å². The van der Waals surface area contributed by atoms with Gasteiger partial charge >= 0.3 is 17.9 Å². The van der Waals surface area contributed by atoms with Crippen molar-refractivity contribution < 1.29 is 29.7 Å². The largest absolute Gasteiger partial charge is 0.478 e. The first-order chi connectivity index (χ1) is 30.7. The molecule has 1 rings (SSSR count). The van der Waals surface area contributed by atoms with Crippen molar-refractivity contribution in [3.8, 4) is 0 Å². The average molecular weight is 883 g/mol. The molecule has 0 saturated carbocycles. The topological polar surface area (TPSA) is 112 Å². The molecule has 0 heterocycles. The van der Waals surface area contributed by atoms with Crippen molar-refractivity contribution in [1.29, 1.82) is 0 Å². The van der Waals surface area contributed by atoms with Crippen LogP contribution >= 0.6 is 0 Å². The van der Waals surface area contributed by atoms with E-state index in [1.807, 2.05) is 0 Å². The fourth-order valence-electron chi connectivity index (χ4n) is 10.5. The lowest BCUT2D eigenvalue weighted by molar-refractivity contribution is 0.0630. The number of carboxylic acid groups (broad SMARTS) is 3. The Kier molecular flexibility index (Phi) is 36.2. The van der Waals surface area contributed by atoms with Crippen LogP contribution in [0.5, 0.6) is 0 Å². The monoisotopic (exact) mass is 883 g/mol. The average Bonchev–Trinajstić information content (AvgIpc) is 3.26. The maximum absolute atomic E-state index is 14.0. The van der Waals surface area contributed by atoms with E-state index in [9.17, 15) is 29.7 Å². The predicted molar refractivity (Wildman–Crippen MR) is 270 cm³/mol. The molecule has 0 amide bonds. The van der Waals surface area contributed by atoms with Crippen LogP contribution in [-0.2, 0) is 0 Å². The maximum Gasteiger partial charge on any atom is 0.337 e. The zero-order valence-corrected chi connectivity index (χ0v) is 42.4. The molecule has 0 aliphatic carbocycles. The standard InChI is InChI=1S/C57H102O6/c1-7-13-19-25-31-37-41-46(40-34-28-22-16-10-4)49-50(47(42-35-29-23-17-11-5)44-38-32-26-20-14-8-2)52(55(58)59)54(57(62)63)53(56(60)61)51(49)48(43-36-30-24-18-12-6)45-39-33-27-21-15-9-3/h46-48H,7-45H2,1-6H3,(H,58,59)(H,60,61)(H,62,63). The molecule has 0 radical (unpaired) electrons. The predicted octanol–water partition coefficient (Wildman–Crippen LogP) is 19.4. The minimum atomic E-state index is -1.41. The third kappa shape index (κ3) is 24.1. The van der Waals surface area contributed by atoms with Crippen LogP contribution in [-0.4, -0.2) is 33.2 Å². The Bertz CT molecular complexity index is 1240. The van der Waals surface area contributed by atoms with E-state index in [4.69, 9.17) is 0 Å². The molecule has 6 heteroatoms. The second-order valence-electron chi connectivity index (χ2n) is 19.7. The third-order valence-corrected chi connectivity index (χ3v) is 14.2. The molecule has 3 unspecified atom stereocenters. The highest BCUT2D eigenvalue weighted by Crippen LogP contribution is 2.48. The minimum absolute atomic E-state index is 0.00105. The van der Waals surface area contributed by atoms with Crippen LogP contribution in [0.15, 0.2) is 0 Å². The van der Waals surface area contributed by atoms with E-state index in [2.05, 4.69) is 41.5 Å². The number of aromatic carboxylic acids is 3. The van der Waals surface area contributed by atoms with E-state index < -0.39 is 23.5 Å². The van der Waals surface area contributed by atoms with Crippen molar-refractivity contribution in [1.82, 2.24) is 0 Å². The number of hydrogen-bond donors (Lipinski definition) is 3. The summed E-state index contributed by atoms with van der Waals surface area (Å²) in [5.41, 5.74) is 1.57. The van der Waals surface area contributed by atoms with Gasteiger partial charge in [0.05, 0.1) is 16.7 Å². The van der Waals surface area contributed by atoms with Gasteiger partial charge in [0.15, 0.2) is 0 Å². The summed E-state index contributed by atoms with van der Waals surface area (Å²) in [6, 6.07) is 0. The van der Waals surface area contributed by atoms with Crippen LogP contribution in [0.4, 0.5) is 0 Å². The summed E-state index contributed by atoms with van der Waals surface area (Å²) in [6.45, 7) is 13.4. The fourth-order valence-corrected chi connectivity index (χ4v) is 10.5. The van der Waals surface area contributed by atoms with Crippen LogP contribution in [0.25, 0.3) is 0 Å². The zero-order valence-electron chi connectivity index (χ0n) is 42.4. The van der Waals surface area contributed by atoms with Gasteiger partial charge in [0.1, 0.15) is 0 Å². The first-order valence-corrected chi connectivity index (χ1v) is 27.6. The van der Waals surface area contributed by atoms with Gasteiger partial charge < -0.3 is 15.3 Å².